The van der Waals surface area contributed by atoms with Crippen LogP contribution in [0.3, 0.4) is 0 Å². The fourth-order valence-electron chi connectivity index (χ4n) is 5.55. The molecule has 2 amide bonds. The van der Waals surface area contributed by atoms with Crippen LogP contribution in [0.1, 0.15) is 45.1 Å². The lowest BCUT2D eigenvalue weighted by atomic mass is 9.84. The number of likely N-dealkylation sites (tertiary alicyclic amines) is 2. The van der Waals surface area contributed by atoms with Gasteiger partial charge in [0.1, 0.15) is 11.6 Å². The van der Waals surface area contributed by atoms with Crippen LogP contribution in [0, 0.1) is 23.5 Å². The van der Waals surface area contributed by atoms with Crippen LogP contribution in [-0.4, -0.2) is 66.0 Å². The van der Waals surface area contributed by atoms with Crippen molar-refractivity contribution < 1.29 is 23.1 Å². The maximum Gasteiger partial charge on any atom is 0.222 e. The topological polar surface area (TPSA) is 61.9 Å². The standard InChI is InChI=1S/C24H33F2N3O3/c1-15(2)27-22(30)11-21-24-17(9-23(31)28-7-3-4-8-28)13-29(20(24)14-32-21)12-16-5-6-18(25)10-19(16)26/h5-6,10,15,17,20-21,24H,3-4,7-9,11-14H2,1-2H3,(H,27,30)/t17-,20-,21+,24-/m1/s1. The Morgan fingerprint density at radius 2 is 1.94 bits per heavy atom. The Kier molecular flexibility index (Phi) is 7.10. The fraction of sp³-hybridized carbons (Fsp3) is 0.667. The van der Waals surface area contributed by atoms with E-state index in [0.29, 0.717) is 31.7 Å². The highest BCUT2D eigenvalue weighted by atomic mass is 19.1. The molecule has 6 nitrogen and oxygen atoms in total. The zero-order valence-electron chi connectivity index (χ0n) is 18.9. The summed E-state index contributed by atoms with van der Waals surface area (Å²) in [6.07, 6.45) is 2.49. The first-order valence-corrected chi connectivity index (χ1v) is 11.7. The number of nitrogens with zero attached hydrogens (tertiary/aromatic N) is 2. The number of carbonyl (C=O) groups excluding carboxylic acids is 2. The maximum absolute atomic E-state index is 14.3. The lowest BCUT2D eigenvalue weighted by Crippen LogP contribution is -2.37. The summed E-state index contributed by atoms with van der Waals surface area (Å²) in [4.78, 5) is 29.4. The van der Waals surface area contributed by atoms with E-state index in [9.17, 15) is 18.4 Å². The molecule has 32 heavy (non-hydrogen) atoms. The maximum atomic E-state index is 14.3. The van der Waals surface area contributed by atoms with E-state index in [0.717, 1.165) is 32.0 Å². The third-order valence-corrected chi connectivity index (χ3v) is 6.96. The van der Waals surface area contributed by atoms with E-state index in [1.165, 1.54) is 12.1 Å². The van der Waals surface area contributed by atoms with Gasteiger partial charge in [0.05, 0.1) is 19.1 Å². The number of hydrogen-bond donors (Lipinski definition) is 1. The van der Waals surface area contributed by atoms with Gasteiger partial charge in [0, 0.05) is 62.2 Å². The van der Waals surface area contributed by atoms with Crippen LogP contribution >= 0.6 is 0 Å². The summed E-state index contributed by atoms with van der Waals surface area (Å²) in [6, 6.07) is 3.71. The number of fused-ring (bicyclic) bond motifs is 1. The number of hydrogen-bond acceptors (Lipinski definition) is 4. The molecule has 1 aromatic carbocycles. The Hall–Kier alpha value is -2.06. The van der Waals surface area contributed by atoms with Gasteiger partial charge in [0.2, 0.25) is 11.8 Å². The Balaban J connectivity index is 1.50. The number of amides is 2. The monoisotopic (exact) mass is 449 g/mol. The molecule has 4 rings (SSSR count). The van der Waals surface area contributed by atoms with Crippen molar-refractivity contribution in [3.8, 4) is 0 Å². The molecule has 0 radical (unpaired) electrons. The summed E-state index contributed by atoms with van der Waals surface area (Å²) in [6.45, 7) is 6.86. The second-order valence-electron chi connectivity index (χ2n) is 9.66. The van der Waals surface area contributed by atoms with E-state index < -0.39 is 11.6 Å². The zero-order valence-corrected chi connectivity index (χ0v) is 18.9. The van der Waals surface area contributed by atoms with Crippen LogP contribution in [-0.2, 0) is 20.9 Å². The average Bonchev–Trinajstić information content (AvgIpc) is 3.43. The Bertz CT molecular complexity index is 844. The first-order valence-electron chi connectivity index (χ1n) is 11.7. The van der Waals surface area contributed by atoms with Crippen LogP contribution in [0.2, 0.25) is 0 Å². The van der Waals surface area contributed by atoms with Crippen molar-refractivity contribution in [2.75, 3.05) is 26.2 Å². The quantitative estimate of drug-likeness (QED) is 0.696. The van der Waals surface area contributed by atoms with E-state index in [-0.39, 0.29) is 48.3 Å². The van der Waals surface area contributed by atoms with E-state index >= 15 is 0 Å². The third kappa shape index (κ3) is 5.12. The number of rotatable bonds is 7. The molecule has 3 saturated heterocycles. The Labute approximate surface area is 188 Å². The highest BCUT2D eigenvalue weighted by Gasteiger charge is 2.51. The molecule has 3 heterocycles. The highest BCUT2D eigenvalue weighted by Crippen LogP contribution is 2.42. The van der Waals surface area contributed by atoms with Crippen LogP contribution in [0.15, 0.2) is 18.2 Å². The molecule has 0 aromatic heterocycles. The predicted molar refractivity (Wildman–Crippen MR) is 116 cm³/mol. The van der Waals surface area contributed by atoms with Gasteiger partial charge in [0.15, 0.2) is 0 Å². The van der Waals surface area contributed by atoms with Gasteiger partial charge in [-0.05, 0) is 38.7 Å². The molecule has 176 valence electrons. The van der Waals surface area contributed by atoms with E-state index in [4.69, 9.17) is 4.74 Å². The normalized spacial score (nSPS) is 27.8. The first-order chi connectivity index (χ1) is 15.3. The Morgan fingerprint density at radius 3 is 2.62 bits per heavy atom. The van der Waals surface area contributed by atoms with Gasteiger partial charge >= 0.3 is 0 Å². The second kappa shape index (κ2) is 9.83. The molecule has 1 N–H and O–H groups in total. The highest BCUT2D eigenvalue weighted by molar-refractivity contribution is 5.77. The van der Waals surface area contributed by atoms with Gasteiger partial charge in [-0.3, -0.25) is 14.5 Å². The lowest BCUT2D eigenvalue weighted by molar-refractivity contribution is -0.131. The number of carbonyl (C=O) groups is 2. The molecular weight excluding hydrogens is 416 g/mol. The third-order valence-electron chi connectivity index (χ3n) is 6.96. The smallest absolute Gasteiger partial charge is 0.222 e. The summed E-state index contributed by atoms with van der Waals surface area (Å²) in [5.74, 6) is -0.999. The molecule has 0 aliphatic carbocycles. The largest absolute Gasteiger partial charge is 0.376 e. The number of nitrogens with one attached hydrogen (secondary N) is 1. The lowest BCUT2D eigenvalue weighted by Gasteiger charge is -2.25. The predicted octanol–water partition coefficient (Wildman–Crippen LogP) is 2.71. The van der Waals surface area contributed by atoms with Gasteiger partial charge in [-0.1, -0.05) is 6.07 Å². The summed E-state index contributed by atoms with van der Waals surface area (Å²) in [7, 11) is 0. The van der Waals surface area contributed by atoms with Crippen molar-refractivity contribution in [3.05, 3.63) is 35.4 Å². The van der Waals surface area contributed by atoms with Crippen molar-refractivity contribution in [1.82, 2.24) is 15.1 Å². The van der Waals surface area contributed by atoms with E-state index in [1.807, 2.05) is 18.7 Å². The summed E-state index contributed by atoms with van der Waals surface area (Å²) in [5.41, 5.74) is 0.428. The average molecular weight is 450 g/mol. The fourth-order valence-corrected chi connectivity index (χ4v) is 5.55. The van der Waals surface area contributed by atoms with Gasteiger partial charge in [0.25, 0.3) is 0 Å². The van der Waals surface area contributed by atoms with Crippen molar-refractivity contribution in [3.63, 3.8) is 0 Å². The minimum Gasteiger partial charge on any atom is -0.376 e. The summed E-state index contributed by atoms with van der Waals surface area (Å²) < 4.78 is 33.7. The molecule has 3 aliphatic heterocycles. The minimum absolute atomic E-state index is 0.00711. The molecule has 4 atom stereocenters. The van der Waals surface area contributed by atoms with Gasteiger partial charge in [-0.2, -0.15) is 0 Å². The van der Waals surface area contributed by atoms with Crippen molar-refractivity contribution in [2.24, 2.45) is 11.8 Å². The molecule has 0 bridgehead atoms. The number of benzene rings is 1. The number of ether oxygens (including phenoxy) is 1. The molecular formula is C24H33F2N3O3. The Morgan fingerprint density at radius 1 is 1.19 bits per heavy atom. The summed E-state index contributed by atoms with van der Waals surface area (Å²) in [5, 5.41) is 2.92. The first kappa shape index (κ1) is 23.1. The van der Waals surface area contributed by atoms with E-state index in [2.05, 4.69) is 10.2 Å². The van der Waals surface area contributed by atoms with Gasteiger partial charge in [-0.25, -0.2) is 8.78 Å². The SMILES string of the molecule is CC(C)NC(=O)C[C@@H]1OC[C@@H]2[C@H]1[C@H](CC(=O)N1CCCC1)CN2Cc1ccc(F)cc1F. The molecule has 3 aliphatic rings. The summed E-state index contributed by atoms with van der Waals surface area (Å²) >= 11 is 0. The molecule has 3 fully saturated rings. The van der Waals surface area contributed by atoms with E-state index in [1.54, 1.807) is 0 Å². The second-order valence-corrected chi connectivity index (χ2v) is 9.66. The molecule has 8 heteroatoms. The zero-order chi connectivity index (χ0) is 22.8. The molecule has 1 aromatic rings. The van der Waals surface area contributed by atoms with Crippen molar-refractivity contribution in [2.45, 2.75) is 64.3 Å². The molecule has 0 spiro atoms. The number of halogens is 2. The van der Waals surface area contributed by atoms with Crippen LogP contribution in [0.4, 0.5) is 8.78 Å². The molecule has 0 saturated carbocycles. The van der Waals surface area contributed by atoms with Crippen LogP contribution in [0.5, 0.6) is 0 Å². The van der Waals surface area contributed by atoms with Crippen LogP contribution < -0.4 is 5.32 Å². The minimum atomic E-state index is -0.597. The molecule has 0 unspecified atom stereocenters. The van der Waals surface area contributed by atoms with Gasteiger partial charge in [-0.15, -0.1) is 0 Å². The van der Waals surface area contributed by atoms with Gasteiger partial charge < -0.3 is 15.0 Å². The van der Waals surface area contributed by atoms with Crippen molar-refractivity contribution in [1.29, 1.82) is 0 Å². The van der Waals surface area contributed by atoms with Crippen LogP contribution in [0.25, 0.3) is 0 Å². The van der Waals surface area contributed by atoms with Crippen molar-refractivity contribution >= 4 is 11.8 Å².